The van der Waals surface area contributed by atoms with E-state index in [2.05, 4.69) is 36.7 Å². The zero-order valence-corrected chi connectivity index (χ0v) is 29.7. The molecule has 0 aromatic heterocycles. The van der Waals surface area contributed by atoms with Crippen molar-refractivity contribution in [1.82, 2.24) is 16.0 Å². The molecule has 0 radical (unpaired) electrons. The number of hydrogen-bond donors (Lipinski definition) is 3. The fourth-order valence-corrected chi connectivity index (χ4v) is 10.2. The van der Waals surface area contributed by atoms with Crippen LogP contribution in [0.4, 0.5) is 4.79 Å². The summed E-state index contributed by atoms with van der Waals surface area (Å²) >= 11 is 0. The van der Waals surface area contributed by atoms with Crippen LogP contribution in [0.25, 0.3) is 0 Å². The van der Waals surface area contributed by atoms with Gasteiger partial charge in [0.15, 0.2) is 0 Å². The summed E-state index contributed by atoms with van der Waals surface area (Å²) in [5.74, 6) is -1.08. The van der Waals surface area contributed by atoms with E-state index >= 15 is 0 Å². The van der Waals surface area contributed by atoms with Gasteiger partial charge in [-0.25, -0.2) is 4.79 Å². The minimum atomic E-state index is -3.31. The number of hydrogen-bond acceptors (Lipinski definition) is 5. The topological polar surface area (TPSA) is 106 Å². The van der Waals surface area contributed by atoms with Gasteiger partial charge in [0.05, 0.1) is 0 Å². The van der Waals surface area contributed by atoms with E-state index in [9.17, 15) is 14.4 Å². The Morgan fingerprint density at radius 1 is 0.625 bits per heavy atom. The van der Waals surface area contributed by atoms with Crippen molar-refractivity contribution >= 4 is 36.6 Å². The van der Waals surface area contributed by atoms with Gasteiger partial charge in [-0.15, -0.1) is 0 Å². The summed E-state index contributed by atoms with van der Waals surface area (Å²) in [6, 6.07) is 37.6. The van der Waals surface area contributed by atoms with E-state index in [-0.39, 0.29) is 13.0 Å². The van der Waals surface area contributed by atoms with Crippen LogP contribution in [0.15, 0.2) is 121 Å². The lowest BCUT2D eigenvalue weighted by atomic mass is 10.1. The van der Waals surface area contributed by atoms with Gasteiger partial charge >= 0.3 is 6.09 Å². The first-order valence-corrected chi connectivity index (χ1v) is 18.1. The Labute approximate surface area is 285 Å². The number of carbonyl (C=O) groups excluding carboxylic acids is 3. The summed E-state index contributed by atoms with van der Waals surface area (Å²) in [5, 5.41) is 10.0. The molecule has 8 nitrogen and oxygen atoms in total. The lowest BCUT2D eigenvalue weighted by Crippen LogP contribution is -2.70. The van der Waals surface area contributed by atoms with Crippen LogP contribution in [0.2, 0.25) is 5.04 Å². The Kier molecular flexibility index (Phi) is 12.0. The van der Waals surface area contributed by atoms with Gasteiger partial charge in [-0.1, -0.05) is 142 Å². The molecule has 252 valence electrons. The van der Waals surface area contributed by atoms with Gasteiger partial charge in [-0.3, -0.25) is 9.59 Å². The molecule has 4 aromatic carbocycles. The molecule has 0 aliphatic heterocycles. The number of carbonyl (C=O) groups is 3. The maximum absolute atomic E-state index is 14.2. The zero-order valence-electron chi connectivity index (χ0n) is 28.7. The van der Waals surface area contributed by atoms with Gasteiger partial charge in [0, 0.05) is 13.0 Å². The summed E-state index contributed by atoms with van der Waals surface area (Å²) in [5.41, 5.74) is 0.950. The summed E-state index contributed by atoms with van der Waals surface area (Å²) in [4.78, 5) is 41.3. The Bertz CT molecular complexity index is 1580. The first-order valence-electron chi connectivity index (χ1n) is 16.2. The minimum absolute atomic E-state index is 0.170. The molecule has 0 aliphatic carbocycles. The quantitative estimate of drug-likeness (QED) is 0.138. The van der Waals surface area contributed by atoms with Crippen LogP contribution in [0.5, 0.6) is 0 Å². The lowest BCUT2D eigenvalue weighted by Gasteiger charge is -2.44. The lowest BCUT2D eigenvalue weighted by molar-refractivity contribution is -0.136. The van der Waals surface area contributed by atoms with Crippen molar-refractivity contribution in [2.45, 2.75) is 77.4 Å². The second-order valence-corrected chi connectivity index (χ2v) is 18.0. The van der Waals surface area contributed by atoms with Crippen LogP contribution in [0.1, 0.15) is 52.7 Å². The number of alkyl carbamates (subject to hydrolysis) is 1. The molecule has 4 rings (SSSR count). The van der Waals surface area contributed by atoms with E-state index in [1.165, 1.54) is 0 Å². The van der Waals surface area contributed by atoms with Crippen LogP contribution in [0, 0.1) is 0 Å². The molecule has 0 spiro atoms. The number of benzene rings is 4. The Hall–Kier alpha value is -4.73. The van der Waals surface area contributed by atoms with Crippen molar-refractivity contribution in [3.63, 3.8) is 0 Å². The van der Waals surface area contributed by atoms with Gasteiger partial charge in [-0.2, -0.15) is 0 Å². The zero-order chi connectivity index (χ0) is 34.8. The predicted molar refractivity (Wildman–Crippen MR) is 192 cm³/mol. The Morgan fingerprint density at radius 3 is 1.54 bits per heavy atom. The molecule has 3 amide bonds. The molecule has 9 heteroatoms. The molecule has 4 aromatic rings. The highest BCUT2D eigenvalue weighted by atomic mass is 28.4. The van der Waals surface area contributed by atoms with E-state index in [4.69, 9.17) is 9.16 Å². The first kappa shape index (κ1) is 36.1. The summed E-state index contributed by atoms with van der Waals surface area (Å²) in [6.07, 6.45) is -1.97. The molecular formula is C39H47N3O5Si. The van der Waals surface area contributed by atoms with Crippen LogP contribution < -0.4 is 26.3 Å². The fourth-order valence-electron chi connectivity index (χ4n) is 5.63. The molecule has 0 saturated carbocycles. The standard InChI is InChI=1S/C39H47N3O5Si/c1-38(2,3)46-37(45)41-33(27-29-19-11-7-12-20-29)34(43)42-36(35(44)40-28-30-21-13-8-14-22-30)47-48(39(4,5)6,31-23-15-9-16-24-31)32-25-17-10-18-26-32/h7-26,33,36H,27-28H2,1-6H3,(H,40,44)(H,41,45)(H,42,43)/t33-,36?/m0/s1. The van der Waals surface area contributed by atoms with Gasteiger partial charge in [0.25, 0.3) is 14.2 Å². The van der Waals surface area contributed by atoms with Gasteiger partial charge in [-0.05, 0) is 47.3 Å². The second-order valence-electron chi connectivity index (χ2n) is 13.8. The van der Waals surface area contributed by atoms with Crippen LogP contribution >= 0.6 is 0 Å². The van der Waals surface area contributed by atoms with E-state index in [0.717, 1.165) is 21.5 Å². The van der Waals surface area contributed by atoms with Crippen molar-refractivity contribution in [3.05, 3.63) is 132 Å². The van der Waals surface area contributed by atoms with Crippen LogP contribution in [0.3, 0.4) is 0 Å². The maximum atomic E-state index is 14.2. The largest absolute Gasteiger partial charge is 0.444 e. The summed E-state index contributed by atoms with van der Waals surface area (Å²) < 4.78 is 12.6. The minimum Gasteiger partial charge on any atom is -0.444 e. The van der Waals surface area contributed by atoms with Crippen molar-refractivity contribution in [2.75, 3.05) is 0 Å². The molecule has 0 heterocycles. The Balaban J connectivity index is 1.76. The molecule has 0 saturated heterocycles. The number of nitrogens with one attached hydrogen (secondary N) is 3. The monoisotopic (exact) mass is 665 g/mol. The fraction of sp³-hybridized carbons (Fsp3) is 0.308. The normalized spacial score (nSPS) is 13.1. The first-order chi connectivity index (χ1) is 22.8. The predicted octanol–water partition coefficient (Wildman–Crippen LogP) is 5.46. The molecule has 48 heavy (non-hydrogen) atoms. The number of rotatable bonds is 12. The molecule has 0 fully saturated rings. The van der Waals surface area contributed by atoms with E-state index in [0.29, 0.717) is 0 Å². The van der Waals surface area contributed by atoms with Gasteiger partial charge in [0.2, 0.25) is 12.1 Å². The third-order valence-corrected chi connectivity index (χ3v) is 12.8. The molecular weight excluding hydrogens is 619 g/mol. The van der Waals surface area contributed by atoms with Crippen molar-refractivity contribution in [2.24, 2.45) is 0 Å². The van der Waals surface area contributed by atoms with Gasteiger partial charge < -0.3 is 25.1 Å². The molecule has 0 bridgehead atoms. The average Bonchev–Trinajstić information content (AvgIpc) is 3.05. The third kappa shape index (κ3) is 9.65. The third-order valence-electron chi connectivity index (χ3n) is 7.82. The van der Waals surface area contributed by atoms with Crippen LogP contribution in [-0.2, 0) is 31.7 Å². The smallest absolute Gasteiger partial charge is 0.408 e. The summed E-state index contributed by atoms with van der Waals surface area (Å²) in [6.45, 7) is 11.8. The molecule has 2 atom stereocenters. The van der Waals surface area contributed by atoms with Gasteiger partial charge in [0.1, 0.15) is 11.6 Å². The molecule has 3 N–H and O–H groups in total. The highest BCUT2D eigenvalue weighted by Crippen LogP contribution is 2.37. The highest BCUT2D eigenvalue weighted by Gasteiger charge is 2.52. The SMILES string of the molecule is CC(C)(C)OC(=O)N[C@@H](Cc1ccccc1)C(=O)NC(O[Si](c1ccccc1)(c1ccccc1)C(C)(C)C)C(=O)NCc1ccccc1. The molecule has 1 unspecified atom stereocenters. The summed E-state index contributed by atoms with van der Waals surface area (Å²) in [7, 11) is -3.31. The van der Waals surface area contributed by atoms with Crippen molar-refractivity contribution in [3.8, 4) is 0 Å². The highest BCUT2D eigenvalue weighted by molar-refractivity contribution is 6.99. The second kappa shape index (κ2) is 15.9. The molecule has 0 aliphatic rings. The van der Waals surface area contributed by atoms with Crippen molar-refractivity contribution in [1.29, 1.82) is 0 Å². The number of ether oxygens (including phenoxy) is 1. The number of amides is 3. The van der Waals surface area contributed by atoms with Crippen molar-refractivity contribution < 1.29 is 23.5 Å². The van der Waals surface area contributed by atoms with E-state index in [1.807, 2.05) is 121 Å². The maximum Gasteiger partial charge on any atom is 0.408 e. The van der Waals surface area contributed by atoms with E-state index in [1.54, 1.807) is 20.8 Å². The van der Waals surface area contributed by atoms with E-state index < -0.39 is 49.1 Å². The Morgan fingerprint density at radius 2 is 1.08 bits per heavy atom. The van der Waals surface area contributed by atoms with Crippen LogP contribution in [-0.4, -0.2) is 44.1 Å². The average molecular weight is 666 g/mol.